The summed E-state index contributed by atoms with van der Waals surface area (Å²) in [7, 11) is 1.63. The van der Waals surface area contributed by atoms with Crippen LogP contribution in [0.5, 0.6) is 0 Å². The molecule has 2 aliphatic rings. The number of amides is 1. The summed E-state index contributed by atoms with van der Waals surface area (Å²) in [5.41, 5.74) is 4.30. The Hall–Kier alpha value is -2.21. The Balaban J connectivity index is 0.00000145. The lowest BCUT2D eigenvalue weighted by molar-refractivity contribution is -0.133. The third-order valence-electron chi connectivity index (χ3n) is 5.38. The van der Waals surface area contributed by atoms with Gasteiger partial charge in [-0.15, -0.1) is 0 Å². The fourth-order valence-corrected chi connectivity index (χ4v) is 3.63. The molecule has 0 aromatic carbocycles. The molecule has 0 radical (unpaired) electrons. The molecule has 0 spiro atoms. The summed E-state index contributed by atoms with van der Waals surface area (Å²) in [6.45, 7) is 13.3. The van der Waals surface area contributed by atoms with Crippen LogP contribution >= 0.6 is 11.6 Å². The van der Waals surface area contributed by atoms with Crippen LogP contribution < -0.4 is 0 Å². The van der Waals surface area contributed by atoms with E-state index in [0.717, 1.165) is 42.2 Å². The molecule has 1 fully saturated rings. The van der Waals surface area contributed by atoms with Gasteiger partial charge in [-0.2, -0.15) is 5.10 Å². The van der Waals surface area contributed by atoms with Gasteiger partial charge < -0.3 is 14.5 Å². The normalized spacial score (nSPS) is 16.9. The second-order valence-corrected chi connectivity index (χ2v) is 7.36. The van der Waals surface area contributed by atoms with Crippen LogP contribution in [0.25, 0.3) is 0 Å². The molecule has 1 aliphatic heterocycles. The van der Waals surface area contributed by atoms with Gasteiger partial charge >= 0.3 is 0 Å². The number of rotatable bonds is 4. The van der Waals surface area contributed by atoms with E-state index in [1.807, 2.05) is 56.4 Å². The van der Waals surface area contributed by atoms with Crippen molar-refractivity contribution in [3.8, 4) is 0 Å². The van der Waals surface area contributed by atoms with E-state index in [2.05, 4.69) is 16.1 Å². The van der Waals surface area contributed by atoms with E-state index in [-0.39, 0.29) is 5.91 Å². The second-order valence-electron chi connectivity index (χ2n) is 6.95. The van der Waals surface area contributed by atoms with Gasteiger partial charge in [0.2, 0.25) is 5.91 Å². The molecule has 0 bridgehead atoms. The topological polar surface area (TPSA) is 50.6 Å². The Morgan fingerprint density at radius 3 is 2.34 bits per heavy atom. The molecule has 1 saturated heterocycles. The number of aromatic nitrogens is 2. The van der Waals surface area contributed by atoms with Crippen LogP contribution in [0.15, 0.2) is 34.7 Å². The molecule has 2 heterocycles. The summed E-state index contributed by atoms with van der Waals surface area (Å²) in [6, 6.07) is 0. The van der Waals surface area contributed by atoms with Gasteiger partial charge in [0, 0.05) is 43.6 Å². The van der Waals surface area contributed by atoms with Crippen LogP contribution in [0.2, 0.25) is 0 Å². The van der Waals surface area contributed by atoms with Crippen LogP contribution in [0.4, 0.5) is 0 Å². The summed E-state index contributed by atoms with van der Waals surface area (Å²) in [5.74, 6) is 0.798. The number of ether oxygens (including phenoxy) is 1. The SMILES string of the molecule is CC.COC1=CC(N2CCN(C(=O)Cn3nc(C)c(C)c3C)CC2)=CCC=C1Cl. The maximum atomic E-state index is 12.7. The van der Waals surface area contributed by atoms with Gasteiger partial charge in [-0.05, 0) is 32.8 Å². The maximum absolute atomic E-state index is 12.7. The highest BCUT2D eigenvalue weighted by atomic mass is 35.5. The Labute approximate surface area is 179 Å². The number of methoxy groups -OCH3 is 1. The minimum absolute atomic E-state index is 0.118. The van der Waals surface area contributed by atoms with Crippen LogP contribution in [0.3, 0.4) is 0 Å². The highest BCUT2D eigenvalue weighted by Crippen LogP contribution is 2.24. The number of nitrogens with zero attached hydrogens (tertiary/aromatic N) is 4. The molecular weight excluding hydrogens is 388 g/mol. The summed E-state index contributed by atoms with van der Waals surface area (Å²) >= 11 is 6.21. The molecule has 29 heavy (non-hydrogen) atoms. The van der Waals surface area contributed by atoms with E-state index >= 15 is 0 Å². The van der Waals surface area contributed by atoms with Crippen LogP contribution in [-0.4, -0.2) is 58.8 Å². The molecule has 160 valence electrons. The van der Waals surface area contributed by atoms with Crippen molar-refractivity contribution in [1.29, 1.82) is 0 Å². The molecule has 1 aromatic rings. The second kappa shape index (κ2) is 10.5. The molecule has 3 rings (SSSR count). The highest BCUT2D eigenvalue weighted by Gasteiger charge is 2.23. The first-order valence-electron chi connectivity index (χ1n) is 10.3. The average Bonchev–Trinajstić information content (AvgIpc) is 2.89. The molecule has 1 amide bonds. The number of carbonyl (C=O) groups excluding carboxylic acids is 1. The van der Waals surface area contributed by atoms with E-state index in [9.17, 15) is 4.79 Å². The smallest absolute Gasteiger partial charge is 0.244 e. The van der Waals surface area contributed by atoms with Crippen molar-refractivity contribution in [2.24, 2.45) is 0 Å². The Bertz CT molecular complexity index is 815. The van der Waals surface area contributed by atoms with Gasteiger partial charge in [0.15, 0.2) is 0 Å². The van der Waals surface area contributed by atoms with Crippen LogP contribution in [0.1, 0.15) is 37.2 Å². The first-order valence-corrected chi connectivity index (χ1v) is 10.6. The monoisotopic (exact) mass is 420 g/mol. The average molecular weight is 421 g/mol. The van der Waals surface area contributed by atoms with E-state index < -0.39 is 0 Å². The molecule has 1 aromatic heterocycles. The molecule has 7 heteroatoms. The minimum atomic E-state index is 0.118. The van der Waals surface area contributed by atoms with Crippen molar-refractivity contribution in [1.82, 2.24) is 19.6 Å². The van der Waals surface area contributed by atoms with Gasteiger partial charge in [-0.25, -0.2) is 0 Å². The number of hydrogen-bond donors (Lipinski definition) is 0. The van der Waals surface area contributed by atoms with E-state index in [1.165, 1.54) is 0 Å². The molecule has 1 aliphatic carbocycles. The molecule has 0 unspecified atom stereocenters. The number of aryl methyl sites for hydroxylation is 1. The molecular formula is C22H33ClN4O2. The lowest BCUT2D eigenvalue weighted by Crippen LogP contribution is -2.49. The largest absolute Gasteiger partial charge is 0.495 e. The summed E-state index contributed by atoms with van der Waals surface area (Å²) in [4.78, 5) is 16.9. The zero-order valence-electron chi connectivity index (χ0n) is 18.5. The van der Waals surface area contributed by atoms with Crippen molar-refractivity contribution in [3.63, 3.8) is 0 Å². The zero-order valence-corrected chi connectivity index (χ0v) is 19.2. The molecule has 6 nitrogen and oxygen atoms in total. The number of allylic oxidation sites excluding steroid dienone is 4. The van der Waals surface area contributed by atoms with Crippen molar-refractivity contribution in [2.75, 3.05) is 33.3 Å². The Kier molecular flexibility index (Phi) is 8.38. The standard InChI is InChI=1S/C20H27ClN4O2.C2H6/c1-14-15(2)22-25(16(14)3)13-20(26)24-10-8-23(9-11-24)17-6-5-7-18(21)19(12-17)27-4;1-2/h6-7,12H,5,8-11,13H2,1-4H3;1-2H3. The van der Waals surface area contributed by atoms with Crippen LogP contribution in [0, 0.1) is 20.8 Å². The summed E-state index contributed by atoms with van der Waals surface area (Å²) in [6.07, 6.45) is 6.83. The molecule has 0 atom stereocenters. The fraction of sp³-hybridized carbons (Fsp3) is 0.545. The third kappa shape index (κ3) is 5.44. The van der Waals surface area contributed by atoms with E-state index in [1.54, 1.807) is 7.11 Å². The molecule has 0 saturated carbocycles. The van der Waals surface area contributed by atoms with Crippen molar-refractivity contribution < 1.29 is 9.53 Å². The van der Waals surface area contributed by atoms with E-state index in [0.29, 0.717) is 30.4 Å². The maximum Gasteiger partial charge on any atom is 0.244 e. The number of halogens is 1. The van der Waals surface area contributed by atoms with Crippen LogP contribution in [-0.2, 0) is 16.1 Å². The summed E-state index contributed by atoms with van der Waals surface area (Å²) in [5, 5.41) is 5.11. The highest BCUT2D eigenvalue weighted by molar-refractivity contribution is 6.31. The Morgan fingerprint density at radius 2 is 1.79 bits per heavy atom. The van der Waals surface area contributed by atoms with Gasteiger partial charge in [-0.1, -0.05) is 37.6 Å². The van der Waals surface area contributed by atoms with Crippen molar-refractivity contribution >= 4 is 17.5 Å². The lowest BCUT2D eigenvalue weighted by Gasteiger charge is -2.36. The number of carbonyl (C=O) groups is 1. The first-order chi connectivity index (χ1) is 13.9. The quantitative estimate of drug-likeness (QED) is 0.740. The number of hydrogen-bond acceptors (Lipinski definition) is 4. The molecule has 0 N–H and O–H groups in total. The first kappa shape index (κ1) is 23.1. The minimum Gasteiger partial charge on any atom is -0.495 e. The number of piperazine rings is 1. The van der Waals surface area contributed by atoms with E-state index in [4.69, 9.17) is 16.3 Å². The van der Waals surface area contributed by atoms with Gasteiger partial charge in [-0.3, -0.25) is 9.48 Å². The van der Waals surface area contributed by atoms with Gasteiger partial charge in [0.25, 0.3) is 0 Å². The Morgan fingerprint density at radius 1 is 1.14 bits per heavy atom. The van der Waals surface area contributed by atoms with Crippen molar-refractivity contribution in [3.05, 3.63) is 51.7 Å². The predicted octanol–water partition coefficient (Wildman–Crippen LogP) is 3.92. The third-order valence-corrected chi connectivity index (χ3v) is 5.72. The van der Waals surface area contributed by atoms with Crippen molar-refractivity contribution in [2.45, 2.75) is 47.6 Å². The lowest BCUT2D eigenvalue weighted by atomic mass is 10.2. The van der Waals surface area contributed by atoms with Gasteiger partial charge in [0.05, 0.1) is 17.8 Å². The fourth-order valence-electron chi connectivity index (χ4n) is 3.41. The summed E-state index contributed by atoms with van der Waals surface area (Å²) < 4.78 is 7.19. The predicted molar refractivity (Wildman–Crippen MR) is 118 cm³/mol. The zero-order chi connectivity index (χ0) is 21.6. The van der Waals surface area contributed by atoms with Gasteiger partial charge in [0.1, 0.15) is 12.3 Å².